The number of allylic oxidation sites excluding steroid dienone is 1. The van der Waals surface area contributed by atoms with E-state index in [1.54, 1.807) is 4.90 Å². The molecule has 0 saturated carbocycles. The molecule has 0 bridgehead atoms. The summed E-state index contributed by atoms with van der Waals surface area (Å²) in [6, 6.07) is 9.44. The monoisotopic (exact) mass is 651 g/mol. The Morgan fingerprint density at radius 1 is 1.26 bits per heavy atom. The molecule has 11 nitrogen and oxygen atoms in total. The van der Waals surface area contributed by atoms with Crippen molar-refractivity contribution in [1.82, 2.24) is 29.7 Å². The quantitative estimate of drug-likeness (QED) is 0.248. The summed E-state index contributed by atoms with van der Waals surface area (Å²) in [6.07, 6.45) is 7.88. The van der Waals surface area contributed by atoms with Crippen molar-refractivity contribution in [3.05, 3.63) is 72.0 Å². The number of thioether (sulfide) groups is 1. The molecule has 2 fully saturated rings. The Morgan fingerprint density at radius 2 is 2.09 bits per heavy atom. The Bertz CT molecular complexity index is 1800. The minimum Gasteiger partial charge on any atom is -0.462 e. The average molecular weight is 652 g/mol. The van der Waals surface area contributed by atoms with Crippen LogP contribution < -0.4 is 14.5 Å². The molecule has 244 valence electrons. The van der Waals surface area contributed by atoms with Crippen molar-refractivity contribution in [2.45, 2.75) is 49.4 Å². The van der Waals surface area contributed by atoms with Crippen LogP contribution in [-0.4, -0.2) is 105 Å². The minimum absolute atomic E-state index is 0.0297. The van der Waals surface area contributed by atoms with Crippen LogP contribution in [0.3, 0.4) is 0 Å². The number of aryl methyl sites for hydroxylation is 1. The molecule has 0 radical (unpaired) electrons. The molecule has 2 aromatic heterocycles. The number of rotatable bonds is 9. The molecule has 6 heterocycles. The van der Waals surface area contributed by atoms with Crippen molar-refractivity contribution in [2.24, 2.45) is 0 Å². The molecular formula is C35H41N9O2S. The van der Waals surface area contributed by atoms with Gasteiger partial charge in [-0.25, -0.2) is 0 Å². The number of aromatic nitrogens is 3. The first kappa shape index (κ1) is 31.4. The SMILES string of the molecule is C=CC(=O)N1CCN(c2nc(OCC3S[C@]3(C)N(C)C3CN(C)C3)nc3c2CCN(c2cncc4cccc(C)c24)C3)C=C1CC#N. The van der Waals surface area contributed by atoms with Crippen molar-refractivity contribution < 1.29 is 9.53 Å². The summed E-state index contributed by atoms with van der Waals surface area (Å²) in [5, 5.41) is 12.2. The van der Waals surface area contributed by atoms with Crippen LogP contribution in [0.25, 0.3) is 10.8 Å². The number of benzene rings is 1. The third-order valence-corrected chi connectivity index (χ3v) is 11.8. The zero-order valence-electron chi connectivity index (χ0n) is 27.5. The number of likely N-dealkylation sites (N-methyl/N-ethyl adjacent to an activating group) is 2. The summed E-state index contributed by atoms with van der Waals surface area (Å²) in [6.45, 7) is 13.1. The standard InChI is InChI=1S/C35H41N9O2S/c1-6-31(45)44-15-14-43(20-25(44)10-12-36)33-27-11-13-42(29-17-37-16-24-9-7-8-23(2)32(24)29)21-28(27)38-34(39-33)46-22-30-35(3,47-30)41(5)26-18-40(4)19-26/h6-9,16-17,20,26,30H,1,10-11,13-15,18-19,21-22H2,2-5H3/t30?,35-/m0/s1. The molecule has 1 aromatic carbocycles. The van der Waals surface area contributed by atoms with E-state index in [2.05, 4.69) is 83.4 Å². The van der Waals surface area contributed by atoms with Gasteiger partial charge in [0.15, 0.2) is 0 Å². The van der Waals surface area contributed by atoms with Crippen molar-refractivity contribution in [1.29, 1.82) is 5.26 Å². The van der Waals surface area contributed by atoms with Crippen LogP contribution in [-0.2, 0) is 17.8 Å². The number of likely N-dealkylation sites (tertiary alicyclic amines) is 1. The van der Waals surface area contributed by atoms with Crippen LogP contribution in [0.15, 0.2) is 55.1 Å². The molecule has 2 saturated heterocycles. The van der Waals surface area contributed by atoms with Crippen molar-refractivity contribution >= 4 is 39.9 Å². The summed E-state index contributed by atoms with van der Waals surface area (Å²) in [5.41, 5.74) is 4.92. The first-order valence-corrected chi connectivity index (χ1v) is 17.1. The number of carbonyl (C=O) groups excluding carboxylic acids is 1. The van der Waals surface area contributed by atoms with Gasteiger partial charge in [0.2, 0.25) is 5.91 Å². The van der Waals surface area contributed by atoms with Gasteiger partial charge in [-0.2, -0.15) is 15.2 Å². The van der Waals surface area contributed by atoms with Gasteiger partial charge in [-0.15, -0.1) is 11.8 Å². The fourth-order valence-corrected chi connectivity index (χ4v) is 8.32. The lowest BCUT2D eigenvalue weighted by Crippen LogP contribution is -2.59. The fourth-order valence-electron chi connectivity index (χ4n) is 7.13. The first-order valence-electron chi connectivity index (χ1n) is 16.2. The summed E-state index contributed by atoms with van der Waals surface area (Å²) in [7, 11) is 4.38. The number of amides is 1. The zero-order valence-corrected chi connectivity index (χ0v) is 28.3. The predicted molar refractivity (Wildman–Crippen MR) is 185 cm³/mol. The highest BCUT2D eigenvalue weighted by Gasteiger charge is 2.57. The molecule has 0 spiro atoms. The highest BCUT2D eigenvalue weighted by atomic mass is 32.2. The maximum atomic E-state index is 12.6. The largest absolute Gasteiger partial charge is 0.462 e. The molecule has 0 aliphatic carbocycles. The molecular weight excluding hydrogens is 611 g/mol. The van der Waals surface area contributed by atoms with E-state index in [1.165, 1.54) is 17.0 Å². The molecule has 1 unspecified atom stereocenters. The van der Waals surface area contributed by atoms with Gasteiger partial charge in [-0.1, -0.05) is 24.8 Å². The van der Waals surface area contributed by atoms with Gasteiger partial charge >= 0.3 is 6.01 Å². The molecule has 2 atom stereocenters. The Kier molecular flexibility index (Phi) is 8.32. The molecule has 3 aromatic rings. The number of ether oxygens (including phenoxy) is 1. The van der Waals surface area contributed by atoms with Gasteiger partial charge in [0.05, 0.1) is 52.4 Å². The van der Waals surface area contributed by atoms with E-state index in [9.17, 15) is 10.1 Å². The third kappa shape index (κ3) is 5.81. The highest BCUT2D eigenvalue weighted by molar-refractivity contribution is 8.08. The number of anilines is 2. The lowest BCUT2D eigenvalue weighted by molar-refractivity contribution is -0.124. The number of nitriles is 1. The number of hydrogen-bond acceptors (Lipinski definition) is 11. The fraction of sp³-hybridized carbons (Fsp3) is 0.457. The van der Waals surface area contributed by atoms with E-state index >= 15 is 0 Å². The summed E-state index contributed by atoms with van der Waals surface area (Å²) >= 11 is 1.93. The lowest BCUT2D eigenvalue weighted by atomic mass is 10.0. The normalized spacial score (nSPS) is 22.9. The van der Waals surface area contributed by atoms with Crippen molar-refractivity contribution in [3.8, 4) is 12.1 Å². The van der Waals surface area contributed by atoms with Crippen LogP contribution in [0.1, 0.15) is 30.2 Å². The minimum atomic E-state index is -0.210. The van der Waals surface area contributed by atoms with E-state index < -0.39 is 0 Å². The Labute approximate surface area is 280 Å². The number of carbonyl (C=O) groups is 1. The first-order chi connectivity index (χ1) is 22.7. The van der Waals surface area contributed by atoms with Gasteiger partial charge < -0.3 is 24.3 Å². The molecule has 47 heavy (non-hydrogen) atoms. The lowest BCUT2D eigenvalue weighted by Gasteiger charge is -2.44. The van der Waals surface area contributed by atoms with Crippen LogP contribution in [0.5, 0.6) is 6.01 Å². The molecule has 4 aliphatic heterocycles. The number of fused-ring (bicyclic) bond motifs is 2. The summed E-state index contributed by atoms with van der Waals surface area (Å²) in [4.78, 5) is 38.1. The Balaban J connectivity index is 1.20. The molecule has 7 rings (SSSR count). The van der Waals surface area contributed by atoms with E-state index in [-0.39, 0.29) is 17.2 Å². The van der Waals surface area contributed by atoms with Crippen LogP contribution >= 0.6 is 11.8 Å². The van der Waals surface area contributed by atoms with Gasteiger partial charge in [0.25, 0.3) is 0 Å². The molecule has 0 N–H and O–H groups in total. The smallest absolute Gasteiger partial charge is 0.318 e. The topological polar surface area (TPSA) is 105 Å². The summed E-state index contributed by atoms with van der Waals surface area (Å²) < 4.78 is 6.42. The number of hydrogen-bond donors (Lipinski definition) is 0. The molecule has 12 heteroatoms. The molecule has 1 amide bonds. The van der Waals surface area contributed by atoms with E-state index in [4.69, 9.17) is 14.7 Å². The Morgan fingerprint density at radius 3 is 2.85 bits per heavy atom. The van der Waals surface area contributed by atoms with Crippen LogP contribution in [0, 0.1) is 18.3 Å². The Hall–Kier alpha value is -4.18. The molecule has 4 aliphatic rings. The van der Waals surface area contributed by atoms with E-state index in [0.29, 0.717) is 49.2 Å². The highest BCUT2D eigenvalue weighted by Crippen LogP contribution is 2.56. The maximum Gasteiger partial charge on any atom is 0.318 e. The van der Waals surface area contributed by atoms with E-state index in [1.807, 2.05) is 30.4 Å². The zero-order chi connectivity index (χ0) is 32.9. The second-order valence-electron chi connectivity index (χ2n) is 13.1. The second-order valence-corrected chi connectivity index (χ2v) is 14.7. The van der Waals surface area contributed by atoms with Crippen molar-refractivity contribution in [2.75, 3.05) is 63.2 Å². The maximum absolute atomic E-state index is 12.6. The number of nitrogens with zero attached hydrogens (tertiary/aromatic N) is 9. The second kappa shape index (κ2) is 12.4. The predicted octanol–water partition coefficient (Wildman–Crippen LogP) is 3.94. The third-order valence-electron chi connectivity index (χ3n) is 10.1. The van der Waals surface area contributed by atoms with Gasteiger partial charge in [-0.05, 0) is 46.0 Å². The summed E-state index contributed by atoms with van der Waals surface area (Å²) in [5.74, 6) is 0.567. The van der Waals surface area contributed by atoms with E-state index in [0.717, 1.165) is 54.2 Å². The van der Waals surface area contributed by atoms with Crippen LogP contribution in [0.4, 0.5) is 11.5 Å². The van der Waals surface area contributed by atoms with Crippen molar-refractivity contribution in [3.63, 3.8) is 0 Å². The van der Waals surface area contributed by atoms with Crippen LogP contribution in [0.2, 0.25) is 0 Å². The number of pyridine rings is 1. The van der Waals surface area contributed by atoms with Gasteiger partial charge in [-0.3, -0.25) is 14.7 Å². The van der Waals surface area contributed by atoms with Gasteiger partial charge in [0.1, 0.15) is 12.4 Å². The average Bonchev–Trinajstić information content (AvgIpc) is 3.75. The van der Waals surface area contributed by atoms with Gasteiger partial charge in [0, 0.05) is 67.5 Å².